The van der Waals surface area contributed by atoms with Crippen molar-refractivity contribution < 1.29 is 4.79 Å². The van der Waals surface area contributed by atoms with Crippen molar-refractivity contribution in [3.63, 3.8) is 0 Å². The van der Waals surface area contributed by atoms with Crippen molar-refractivity contribution in [2.75, 3.05) is 7.05 Å². The number of hydrogen-bond acceptors (Lipinski definition) is 2. The molecule has 0 aliphatic rings. The topological polar surface area (TPSA) is 42.3 Å². The van der Waals surface area contributed by atoms with Gasteiger partial charge >= 0.3 is 0 Å². The van der Waals surface area contributed by atoms with Crippen molar-refractivity contribution in [3.05, 3.63) is 82.8 Å². The Labute approximate surface area is 134 Å². The van der Waals surface area contributed by atoms with Crippen molar-refractivity contribution in [2.45, 2.75) is 13.1 Å². The lowest BCUT2D eigenvalue weighted by molar-refractivity contribution is -0.131. The van der Waals surface area contributed by atoms with Crippen molar-refractivity contribution in [3.8, 4) is 0 Å². The molecule has 0 spiro atoms. The van der Waals surface area contributed by atoms with Crippen LogP contribution in [0.3, 0.4) is 0 Å². The minimum Gasteiger partial charge on any atom is -0.340 e. The Balaban J connectivity index is 1.78. The summed E-state index contributed by atoms with van der Waals surface area (Å²) in [6.07, 6.45) is 1.63. The molecular formula is C19H18N2O2. The first-order valence-corrected chi connectivity index (χ1v) is 7.51. The third-order valence-electron chi connectivity index (χ3n) is 3.92. The first-order chi connectivity index (χ1) is 11.1. The van der Waals surface area contributed by atoms with Crippen LogP contribution in [-0.2, 0) is 17.9 Å². The lowest BCUT2D eigenvalue weighted by Gasteiger charge is -2.19. The lowest BCUT2D eigenvalue weighted by Crippen LogP contribution is -2.33. The fraction of sp³-hybridized carbons (Fsp3) is 0.158. The highest BCUT2D eigenvalue weighted by molar-refractivity contribution is 5.86. The quantitative estimate of drug-likeness (QED) is 0.743. The highest BCUT2D eigenvalue weighted by Gasteiger charge is 2.12. The molecule has 3 rings (SSSR count). The number of pyridine rings is 1. The average molecular weight is 306 g/mol. The number of carbonyl (C=O) groups is 1. The second-order valence-electron chi connectivity index (χ2n) is 5.55. The first kappa shape index (κ1) is 15.0. The van der Waals surface area contributed by atoms with Gasteiger partial charge in [0.15, 0.2) is 0 Å². The predicted octanol–water partition coefficient (Wildman–Crippen LogP) is 2.66. The lowest BCUT2D eigenvalue weighted by atomic mass is 10.0. The molecule has 0 saturated heterocycles. The predicted molar refractivity (Wildman–Crippen MR) is 91.1 cm³/mol. The maximum absolute atomic E-state index is 12.4. The van der Waals surface area contributed by atoms with Crippen LogP contribution in [0.4, 0.5) is 0 Å². The summed E-state index contributed by atoms with van der Waals surface area (Å²) in [5, 5.41) is 2.30. The normalized spacial score (nSPS) is 10.7. The van der Waals surface area contributed by atoms with Gasteiger partial charge in [-0.05, 0) is 22.4 Å². The van der Waals surface area contributed by atoms with Gasteiger partial charge in [0.25, 0.3) is 5.56 Å². The molecule has 23 heavy (non-hydrogen) atoms. The van der Waals surface area contributed by atoms with Crippen LogP contribution < -0.4 is 5.56 Å². The Kier molecular flexibility index (Phi) is 4.24. The van der Waals surface area contributed by atoms with Crippen LogP contribution >= 0.6 is 0 Å². The Morgan fingerprint density at radius 3 is 2.57 bits per heavy atom. The molecule has 0 fully saturated rings. The highest BCUT2D eigenvalue weighted by Crippen LogP contribution is 2.19. The summed E-state index contributed by atoms with van der Waals surface area (Å²) >= 11 is 0. The Morgan fingerprint density at radius 2 is 1.74 bits per heavy atom. The molecule has 116 valence electrons. The highest BCUT2D eigenvalue weighted by atomic mass is 16.2. The monoisotopic (exact) mass is 306 g/mol. The van der Waals surface area contributed by atoms with Gasteiger partial charge in [-0.3, -0.25) is 9.59 Å². The molecular weight excluding hydrogens is 288 g/mol. The number of rotatable bonds is 4. The van der Waals surface area contributed by atoms with Crippen molar-refractivity contribution in [1.29, 1.82) is 0 Å². The Morgan fingerprint density at radius 1 is 1.00 bits per heavy atom. The van der Waals surface area contributed by atoms with Gasteiger partial charge in [0, 0.05) is 25.9 Å². The fourth-order valence-electron chi connectivity index (χ4n) is 2.63. The molecule has 0 radical (unpaired) electrons. The third-order valence-corrected chi connectivity index (χ3v) is 3.92. The second-order valence-corrected chi connectivity index (χ2v) is 5.55. The van der Waals surface area contributed by atoms with Crippen LogP contribution in [0.2, 0.25) is 0 Å². The molecule has 4 nitrogen and oxygen atoms in total. The van der Waals surface area contributed by atoms with Crippen LogP contribution in [0.15, 0.2) is 71.7 Å². The van der Waals surface area contributed by atoms with E-state index in [0.29, 0.717) is 6.54 Å². The summed E-state index contributed by atoms with van der Waals surface area (Å²) in [4.78, 5) is 25.7. The summed E-state index contributed by atoms with van der Waals surface area (Å²) in [7, 11) is 1.76. The summed E-state index contributed by atoms with van der Waals surface area (Å²) in [5.74, 6) is -0.0914. The molecule has 3 aromatic rings. The second kappa shape index (κ2) is 6.48. The first-order valence-electron chi connectivity index (χ1n) is 7.51. The molecule has 0 aliphatic carbocycles. The van der Waals surface area contributed by atoms with Crippen LogP contribution in [0.25, 0.3) is 10.8 Å². The van der Waals surface area contributed by atoms with E-state index in [9.17, 15) is 9.59 Å². The molecule has 1 amide bonds. The molecule has 0 N–H and O–H groups in total. The molecule has 1 aromatic heterocycles. The van der Waals surface area contributed by atoms with Crippen molar-refractivity contribution in [2.24, 2.45) is 0 Å². The van der Waals surface area contributed by atoms with Gasteiger partial charge in [-0.25, -0.2) is 0 Å². The molecule has 2 aromatic carbocycles. The number of fused-ring (bicyclic) bond motifs is 1. The van der Waals surface area contributed by atoms with Gasteiger partial charge in [0.1, 0.15) is 6.54 Å². The van der Waals surface area contributed by atoms with Crippen LogP contribution in [0.5, 0.6) is 0 Å². The summed E-state index contributed by atoms with van der Waals surface area (Å²) < 4.78 is 1.42. The third kappa shape index (κ3) is 3.31. The zero-order valence-electron chi connectivity index (χ0n) is 13.0. The van der Waals surface area contributed by atoms with E-state index in [2.05, 4.69) is 18.2 Å². The van der Waals surface area contributed by atoms with Gasteiger partial charge in [-0.2, -0.15) is 0 Å². The van der Waals surface area contributed by atoms with Crippen LogP contribution in [0, 0.1) is 0 Å². The number of likely N-dealkylation sites (N-methyl/N-ethyl adjacent to an activating group) is 1. The zero-order valence-corrected chi connectivity index (χ0v) is 13.0. The van der Waals surface area contributed by atoms with E-state index in [1.807, 2.05) is 24.3 Å². The number of nitrogens with zero attached hydrogens (tertiary/aromatic N) is 2. The Bertz CT molecular complexity index is 894. The number of aromatic nitrogens is 1. The van der Waals surface area contributed by atoms with Crippen LogP contribution in [0.1, 0.15) is 5.56 Å². The van der Waals surface area contributed by atoms with Gasteiger partial charge in [0.05, 0.1) is 0 Å². The van der Waals surface area contributed by atoms with E-state index < -0.39 is 0 Å². The number of amides is 1. The smallest absolute Gasteiger partial charge is 0.250 e. The summed E-state index contributed by atoms with van der Waals surface area (Å²) in [6, 6.07) is 19.1. The summed E-state index contributed by atoms with van der Waals surface area (Å²) in [6.45, 7) is 0.572. The van der Waals surface area contributed by atoms with E-state index >= 15 is 0 Å². The molecule has 0 saturated carbocycles. The minimum atomic E-state index is -0.167. The van der Waals surface area contributed by atoms with E-state index in [1.54, 1.807) is 30.3 Å². The minimum absolute atomic E-state index is 0.0565. The largest absolute Gasteiger partial charge is 0.340 e. The van der Waals surface area contributed by atoms with Gasteiger partial charge in [-0.1, -0.05) is 48.5 Å². The molecule has 4 heteroatoms. The maximum atomic E-state index is 12.4. The van der Waals surface area contributed by atoms with E-state index in [1.165, 1.54) is 10.6 Å². The molecule has 1 heterocycles. The van der Waals surface area contributed by atoms with Gasteiger partial charge in [0.2, 0.25) is 5.91 Å². The van der Waals surface area contributed by atoms with E-state index in [4.69, 9.17) is 0 Å². The fourth-order valence-corrected chi connectivity index (χ4v) is 2.63. The molecule has 0 aliphatic heterocycles. The zero-order chi connectivity index (χ0) is 16.2. The molecule has 0 unspecified atom stereocenters. The maximum Gasteiger partial charge on any atom is 0.250 e. The number of hydrogen-bond donors (Lipinski definition) is 0. The standard InChI is InChI=1S/C19H18N2O2/c1-20(19(23)14-21-12-5-4-11-18(21)22)13-16-9-6-8-15-7-2-3-10-17(15)16/h2-12H,13-14H2,1H3. The Hall–Kier alpha value is -2.88. The number of carbonyl (C=O) groups excluding carboxylic acids is 1. The SMILES string of the molecule is CN(Cc1cccc2ccccc12)C(=O)Cn1ccccc1=O. The van der Waals surface area contributed by atoms with E-state index in [0.717, 1.165) is 16.3 Å². The average Bonchev–Trinajstić information content (AvgIpc) is 2.57. The number of benzene rings is 2. The van der Waals surface area contributed by atoms with Crippen molar-refractivity contribution >= 4 is 16.7 Å². The van der Waals surface area contributed by atoms with Crippen LogP contribution in [-0.4, -0.2) is 22.4 Å². The molecule has 0 atom stereocenters. The summed E-state index contributed by atoms with van der Waals surface area (Å²) in [5.41, 5.74) is 0.929. The van der Waals surface area contributed by atoms with Gasteiger partial charge in [-0.15, -0.1) is 0 Å². The van der Waals surface area contributed by atoms with E-state index in [-0.39, 0.29) is 18.0 Å². The van der Waals surface area contributed by atoms with Crippen molar-refractivity contribution in [1.82, 2.24) is 9.47 Å². The molecule has 0 bridgehead atoms. The van der Waals surface area contributed by atoms with Gasteiger partial charge < -0.3 is 9.47 Å².